The second kappa shape index (κ2) is 7.79. The molecule has 2 N–H and O–H groups in total. The smallest absolute Gasteiger partial charge is 0.253 e. The van der Waals surface area contributed by atoms with Gasteiger partial charge >= 0.3 is 0 Å². The Morgan fingerprint density at radius 1 is 1.29 bits per heavy atom. The molecule has 1 aromatic rings. The summed E-state index contributed by atoms with van der Waals surface area (Å²) in [5.41, 5.74) is 1.86. The van der Waals surface area contributed by atoms with E-state index in [-0.39, 0.29) is 17.9 Å². The number of carbonyl (C=O) groups is 2. The number of benzene rings is 1. The lowest BCUT2D eigenvalue weighted by Crippen LogP contribution is -2.46. The maximum absolute atomic E-state index is 12.7. The molecule has 2 amide bonds. The van der Waals surface area contributed by atoms with Gasteiger partial charge in [0.25, 0.3) is 5.91 Å². The number of likely N-dealkylation sites (tertiary alicyclic amines) is 1. The fourth-order valence-electron chi connectivity index (χ4n) is 3.65. The van der Waals surface area contributed by atoms with Crippen LogP contribution in [0.3, 0.4) is 0 Å². The Balaban J connectivity index is 1.52. The van der Waals surface area contributed by atoms with Crippen molar-refractivity contribution in [2.75, 3.05) is 26.2 Å². The van der Waals surface area contributed by atoms with E-state index in [0.717, 1.165) is 56.4 Å². The van der Waals surface area contributed by atoms with Gasteiger partial charge in [0.05, 0.1) is 6.04 Å². The van der Waals surface area contributed by atoms with Gasteiger partial charge in [-0.3, -0.25) is 9.59 Å². The van der Waals surface area contributed by atoms with Crippen LogP contribution in [0.1, 0.15) is 41.6 Å². The van der Waals surface area contributed by atoms with Crippen molar-refractivity contribution >= 4 is 11.8 Å². The summed E-state index contributed by atoms with van der Waals surface area (Å²) in [5.74, 6) is 0.555. The van der Waals surface area contributed by atoms with Crippen LogP contribution in [0.5, 0.6) is 0 Å². The third kappa shape index (κ3) is 4.15. The minimum atomic E-state index is -0.0291. The zero-order chi connectivity index (χ0) is 16.9. The van der Waals surface area contributed by atoms with Crippen molar-refractivity contribution < 1.29 is 9.59 Å². The number of amides is 2. The quantitative estimate of drug-likeness (QED) is 0.884. The molecular weight excluding hydrogens is 302 g/mol. The number of aryl methyl sites for hydroxylation is 1. The van der Waals surface area contributed by atoms with Gasteiger partial charge in [0.1, 0.15) is 0 Å². The van der Waals surface area contributed by atoms with E-state index in [1.807, 2.05) is 36.1 Å². The lowest BCUT2D eigenvalue weighted by Gasteiger charge is -2.33. The summed E-state index contributed by atoms with van der Waals surface area (Å²) in [6.45, 7) is 5.13. The molecule has 2 heterocycles. The fraction of sp³-hybridized carbons (Fsp3) is 0.579. The third-order valence-corrected chi connectivity index (χ3v) is 5.01. The van der Waals surface area contributed by atoms with Gasteiger partial charge in [-0.2, -0.15) is 0 Å². The van der Waals surface area contributed by atoms with E-state index in [0.29, 0.717) is 12.5 Å². The van der Waals surface area contributed by atoms with Gasteiger partial charge in [0.2, 0.25) is 5.91 Å². The Morgan fingerprint density at radius 2 is 2.17 bits per heavy atom. The van der Waals surface area contributed by atoms with Crippen molar-refractivity contribution in [1.82, 2.24) is 15.5 Å². The number of nitrogens with zero attached hydrogens (tertiary/aromatic N) is 1. The maximum Gasteiger partial charge on any atom is 0.253 e. The molecule has 0 bridgehead atoms. The molecule has 0 aliphatic carbocycles. The van der Waals surface area contributed by atoms with Crippen molar-refractivity contribution in [2.45, 2.75) is 38.6 Å². The van der Waals surface area contributed by atoms with E-state index in [1.165, 1.54) is 0 Å². The van der Waals surface area contributed by atoms with Crippen LogP contribution in [0.4, 0.5) is 0 Å². The number of nitrogens with one attached hydrogen (secondary N) is 2. The number of carbonyl (C=O) groups excluding carboxylic acids is 2. The molecule has 5 heteroatoms. The summed E-state index contributed by atoms with van der Waals surface area (Å²) in [5, 5.41) is 6.28. The maximum atomic E-state index is 12.7. The Morgan fingerprint density at radius 3 is 2.92 bits per heavy atom. The first kappa shape index (κ1) is 17.0. The minimum absolute atomic E-state index is 0.0291. The fourth-order valence-corrected chi connectivity index (χ4v) is 3.65. The first-order valence-electron chi connectivity index (χ1n) is 9.00. The summed E-state index contributed by atoms with van der Waals surface area (Å²) < 4.78 is 0. The second-order valence-corrected chi connectivity index (χ2v) is 7.02. The Bertz CT molecular complexity index is 596. The first-order valence-corrected chi connectivity index (χ1v) is 9.00. The molecule has 2 atom stereocenters. The predicted molar refractivity (Wildman–Crippen MR) is 93.8 cm³/mol. The Labute approximate surface area is 143 Å². The van der Waals surface area contributed by atoms with E-state index < -0.39 is 0 Å². The average molecular weight is 329 g/mol. The van der Waals surface area contributed by atoms with Crippen LogP contribution in [0.15, 0.2) is 24.3 Å². The summed E-state index contributed by atoms with van der Waals surface area (Å²) in [6, 6.07) is 7.73. The zero-order valence-electron chi connectivity index (χ0n) is 14.4. The first-order chi connectivity index (χ1) is 11.6. The van der Waals surface area contributed by atoms with E-state index in [2.05, 4.69) is 10.6 Å². The van der Waals surface area contributed by atoms with Crippen LogP contribution in [-0.2, 0) is 4.79 Å². The average Bonchev–Trinajstić information content (AvgIpc) is 3.14. The molecule has 2 aliphatic heterocycles. The van der Waals surface area contributed by atoms with Crippen LogP contribution >= 0.6 is 0 Å². The Kier molecular flexibility index (Phi) is 5.51. The van der Waals surface area contributed by atoms with Gasteiger partial charge in [0, 0.05) is 25.2 Å². The summed E-state index contributed by atoms with van der Waals surface area (Å²) in [4.78, 5) is 26.7. The van der Waals surface area contributed by atoms with Crippen molar-refractivity contribution in [3.8, 4) is 0 Å². The zero-order valence-corrected chi connectivity index (χ0v) is 14.4. The topological polar surface area (TPSA) is 61.4 Å². The minimum Gasteiger partial charge on any atom is -0.354 e. The summed E-state index contributed by atoms with van der Waals surface area (Å²) in [7, 11) is 0. The lowest BCUT2D eigenvalue weighted by molar-refractivity contribution is -0.123. The summed E-state index contributed by atoms with van der Waals surface area (Å²) in [6.07, 6.45) is 4.06. The number of rotatable bonds is 4. The van der Waals surface area contributed by atoms with E-state index in [4.69, 9.17) is 0 Å². The van der Waals surface area contributed by atoms with Gasteiger partial charge in [0.15, 0.2) is 0 Å². The SMILES string of the molecule is Cc1cccc(C(=O)N2CCC[C@@H](CNC(=O)[C@H]3CCCN3)C2)c1. The van der Waals surface area contributed by atoms with Gasteiger partial charge in [-0.1, -0.05) is 17.7 Å². The van der Waals surface area contributed by atoms with E-state index >= 15 is 0 Å². The van der Waals surface area contributed by atoms with Gasteiger partial charge < -0.3 is 15.5 Å². The van der Waals surface area contributed by atoms with Crippen LogP contribution in [0.25, 0.3) is 0 Å². The van der Waals surface area contributed by atoms with Gasteiger partial charge in [-0.15, -0.1) is 0 Å². The molecule has 2 fully saturated rings. The predicted octanol–water partition coefficient (Wildman–Crippen LogP) is 1.72. The monoisotopic (exact) mass is 329 g/mol. The molecule has 2 saturated heterocycles. The highest BCUT2D eigenvalue weighted by molar-refractivity contribution is 5.94. The van der Waals surface area contributed by atoms with Crippen molar-refractivity contribution in [3.05, 3.63) is 35.4 Å². The van der Waals surface area contributed by atoms with Crippen molar-refractivity contribution in [2.24, 2.45) is 5.92 Å². The standard InChI is InChI=1S/C19H27N3O2/c1-14-5-2-7-16(11-14)19(24)22-10-4-6-15(13-22)12-21-18(23)17-8-3-9-20-17/h2,5,7,11,15,17,20H,3-4,6,8-10,12-13H2,1H3,(H,21,23)/t15-,17+/m0/s1. The molecule has 5 nitrogen and oxygen atoms in total. The molecule has 0 unspecified atom stereocenters. The third-order valence-electron chi connectivity index (χ3n) is 5.01. The molecule has 3 rings (SSSR count). The molecule has 2 aliphatic rings. The molecule has 130 valence electrons. The van der Waals surface area contributed by atoms with Crippen LogP contribution in [-0.4, -0.2) is 48.9 Å². The van der Waals surface area contributed by atoms with E-state index in [1.54, 1.807) is 0 Å². The normalized spacial score (nSPS) is 24.0. The largest absolute Gasteiger partial charge is 0.354 e. The number of piperidine rings is 1. The van der Waals surface area contributed by atoms with Crippen molar-refractivity contribution in [1.29, 1.82) is 0 Å². The van der Waals surface area contributed by atoms with Gasteiger partial charge in [-0.05, 0) is 57.2 Å². The van der Waals surface area contributed by atoms with Crippen LogP contribution < -0.4 is 10.6 Å². The van der Waals surface area contributed by atoms with Crippen molar-refractivity contribution in [3.63, 3.8) is 0 Å². The number of hydrogen-bond acceptors (Lipinski definition) is 3. The molecule has 24 heavy (non-hydrogen) atoms. The molecule has 0 saturated carbocycles. The highest BCUT2D eigenvalue weighted by atomic mass is 16.2. The lowest BCUT2D eigenvalue weighted by atomic mass is 9.97. The molecule has 0 aromatic heterocycles. The van der Waals surface area contributed by atoms with Crippen LogP contribution in [0.2, 0.25) is 0 Å². The molecule has 1 aromatic carbocycles. The number of hydrogen-bond donors (Lipinski definition) is 2. The van der Waals surface area contributed by atoms with Gasteiger partial charge in [-0.25, -0.2) is 0 Å². The molecular formula is C19H27N3O2. The van der Waals surface area contributed by atoms with Crippen LogP contribution in [0, 0.1) is 12.8 Å². The summed E-state index contributed by atoms with van der Waals surface area (Å²) >= 11 is 0. The second-order valence-electron chi connectivity index (χ2n) is 7.02. The van der Waals surface area contributed by atoms with E-state index in [9.17, 15) is 9.59 Å². The Hall–Kier alpha value is -1.88. The highest BCUT2D eigenvalue weighted by Gasteiger charge is 2.26. The highest BCUT2D eigenvalue weighted by Crippen LogP contribution is 2.19. The molecule has 0 radical (unpaired) electrons. The molecule has 0 spiro atoms.